The number of rotatable bonds is 4. The highest BCUT2D eigenvalue weighted by Crippen LogP contribution is 2.02. The van der Waals surface area contributed by atoms with Gasteiger partial charge in [-0.05, 0) is 19.8 Å². The summed E-state index contributed by atoms with van der Waals surface area (Å²) >= 11 is 0. The van der Waals surface area contributed by atoms with Gasteiger partial charge in [-0.15, -0.1) is 0 Å². The lowest BCUT2D eigenvalue weighted by Gasteiger charge is -2.06. The topological polar surface area (TPSA) is 26.3 Å². The Labute approximate surface area is 62.6 Å². The van der Waals surface area contributed by atoms with E-state index in [0.717, 1.165) is 12.8 Å². The molecule has 0 aliphatic rings. The maximum atomic E-state index is 10.8. The maximum absolute atomic E-state index is 10.8. The summed E-state index contributed by atoms with van der Waals surface area (Å²) in [5, 5.41) is 0. The van der Waals surface area contributed by atoms with Gasteiger partial charge in [-0.1, -0.05) is 13.8 Å². The van der Waals surface area contributed by atoms with Gasteiger partial charge in [-0.3, -0.25) is 4.79 Å². The molecule has 0 aromatic rings. The molecular weight excluding hydrogens is 128 g/mol. The molecule has 0 rings (SSSR count). The van der Waals surface area contributed by atoms with E-state index in [4.69, 9.17) is 4.74 Å². The van der Waals surface area contributed by atoms with Crippen molar-refractivity contribution in [2.75, 3.05) is 6.61 Å². The van der Waals surface area contributed by atoms with Gasteiger partial charge in [0.2, 0.25) is 0 Å². The summed E-state index contributed by atoms with van der Waals surface area (Å²) in [5.41, 5.74) is 0. The van der Waals surface area contributed by atoms with Crippen molar-refractivity contribution in [1.82, 2.24) is 0 Å². The van der Waals surface area contributed by atoms with E-state index >= 15 is 0 Å². The average Bonchev–Trinajstić information content (AvgIpc) is 1.98. The zero-order chi connectivity index (χ0) is 7.98. The number of hydrogen-bond donors (Lipinski definition) is 0. The van der Waals surface area contributed by atoms with E-state index in [2.05, 4.69) is 6.92 Å². The van der Waals surface area contributed by atoms with Crippen molar-refractivity contribution in [3.05, 3.63) is 6.92 Å². The zero-order valence-corrected chi connectivity index (χ0v) is 6.72. The zero-order valence-electron chi connectivity index (χ0n) is 6.72. The summed E-state index contributed by atoms with van der Waals surface area (Å²) < 4.78 is 4.84. The van der Waals surface area contributed by atoms with Crippen molar-refractivity contribution in [3.8, 4) is 0 Å². The minimum absolute atomic E-state index is 0.177. The second-order valence-electron chi connectivity index (χ2n) is 2.27. The van der Waals surface area contributed by atoms with E-state index in [1.165, 1.54) is 0 Å². The molecule has 2 heteroatoms. The van der Waals surface area contributed by atoms with Gasteiger partial charge >= 0.3 is 5.97 Å². The first-order valence-corrected chi connectivity index (χ1v) is 3.72. The molecule has 0 spiro atoms. The van der Waals surface area contributed by atoms with Crippen molar-refractivity contribution >= 4 is 5.97 Å². The summed E-state index contributed by atoms with van der Waals surface area (Å²) in [6.07, 6.45) is 1.63. The second kappa shape index (κ2) is 5.27. The lowest BCUT2D eigenvalue weighted by molar-refractivity contribution is -0.147. The minimum atomic E-state index is -0.188. The Kier molecular flexibility index (Phi) is 4.99. The molecule has 0 saturated heterocycles. The standard InChI is InChI=1S/C8H15O2/c1-4-6-10-8(9)7(3)5-2/h7H,3-6H2,1-2H3. The maximum Gasteiger partial charge on any atom is 0.308 e. The normalized spacial score (nSPS) is 12.7. The summed E-state index contributed by atoms with van der Waals surface area (Å²) in [7, 11) is 0. The average molecular weight is 143 g/mol. The molecular formula is C8H15O2. The molecule has 0 saturated carbocycles. The van der Waals surface area contributed by atoms with Gasteiger partial charge < -0.3 is 4.74 Å². The molecule has 0 aromatic carbocycles. The molecule has 0 fully saturated rings. The molecule has 0 heterocycles. The van der Waals surface area contributed by atoms with E-state index in [1.807, 2.05) is 13.8 Å². The molecule has 0 amide bonds. The van der Waals surface area contributed by atoms with E-state index in [0.29, 0.717) is 6.61 Å². The molecule has 0 aromatic heterocycles. The smallest absolute Gasteiger partial charge is 0.308 e. The van der Waals surface area contributed by atoms with Crippen molar-refractivity contribution in [1.29, 1.82) is 0 Å². The van der Waals surface area contributed by atoms with Gasteiger partial charge in [0.1, 0.15) is 0 Å². The van der Waals surface area contributed by atoms with Crippen LogP contribution in [-0.2, 0) is 9.53 Å². The SMILES string of the molecule is [CH2]C(CC)C(=O)OCCC. The van der Waals surface area contributed by atoms with E-state index in [-0.39, 0.29) is 11.9 Å². The van der Waals surface area contributed by atoms with Crippen LogP contribution in [0.1, 0.15) is 26.7 Å². The van der Waals surface area contributed by atoms with E-state index in [1.54, 1.807) is 0 Å². The lowest BCUT2D eigenvalue weighted by atomic mass is 10.1. The van der Waals surface area contributed by atoms with Gasteiger partial charge in [0.25, 0.3) is 0 Å². The Bertz CT molecular complexity index is 99.4. The highest BCUT2D eigenvalue weighted by atomic mass is 16.5. The Morgan fingerprint density at radius 2 is 2.20 bits per heavy atom. The van der Waals surface area contributed by atoms with Crippen LogP contribution in [0.15, 0.2) is 0 Å². The molecule has 1 atom stereocenters. The monoisotopic (exact) mass is 143 g/mol. The third-order valence-electron chi connectivity index (χ3n) is 1.27. The molecule has 0 N–H and O–H groups in total. The predicted octanol–water partition coefficient (Wildman–Crippen LogP) is 1.80. The van der Waals surface area contributed by atoms with E-state index < -0.39 is 0 Å². The van der Waals surface area contributed by atoms with Crippen molar-refractivity contribution in [2.45, 2.75) is 26.7 Å². The Morgan fingerprint density at radius 1 is 1.60 bits per heavy atom. The predicted molar refractivity (Wildman–Crippen MR) is 40.4 cm³/mol. The molecule has 59 valence electrons. The fraction of sp³-hybridized carbons (Fsp3) is 0.750. The van der Waals surface area contributed by atoms with Crippen molar-refractivity contribution in [2.24, 2.45) is 5.92 Å². The van der Waals surface area contributed by atoms with Gasteiger partial charge in [0.15, 0.2) is 0 Å². The first-order chi connectivity index (χ1) is 4.72. The van der Waals surface area contributed by atoms with Crippen LogP contribution in [0.4, 0.5) is 0 Å². The van der Waals surface area contributed by atoms with Crippen LogP contribution in [0.5, 0.6) is 0 Å². The highest BCUT2D eigenvalue weighted by Gasteiger charge is 2.10. The summed E-state index contributed by atoms with van der Waals surface area (Å²) in [6.45, 7) is 8.04. The molecule has 0 bridgehead atoms. The first kappa shape index (κ1) is 9.47. The largest absolute Gasteiger partial charge is 0.465 e. The number of ether oxygens (including phenoxy) is 1. The number of esters is 1. The fourth-order valence-corrected chi connectivity index (χ4v) is 0.487. The lowest BCUT2D eigenvalue weighted by Crippen LogP contribution is -2.14. The summed E-state index contributed by atoms with van der Waals surface area (Å²) in [6, 6.07) is 0. The number of hydrogen-bond acceptors (Lipinski definition) is 2. The Balaban J connectivity index is 3.42. The molecule has 1 radical (unpaired) electrons. The van der Waals surface area contributed by atoms with Crippen LogP contribution in [-0.4, -0.2) is 12.6 Å². The fourth-order valence-electron chi connectivity index (χ4n) is 0.487. The van der Waals surface area contributed by atoms with Crippen LogP contribution in [0.25, 0.3) is 0 Å². The number of carbonyl (C=O) groups is 1. The van der Waals surface area contributed by atoms with Gasteiger partial charge in [0, 0.05) is 0 Å². The van der Waals surface area contributed by atoms with Crippen LogP contribution >= 0.6 is 0 Å². The molecule has 1 unspecified atom stereocenters. The third kappa shape index (κ3) is 3.49. The Morgan fingerprint density at radius 3 is 2.60 bits per heavy atom. The van der Waals surface area contributed by atoms with Crippen molar-refractivity contribution < 1.29 is 9.53 Å². The van der Waals surface area contributed by atoms with Gasteiger partial charge in [-0.25, -0.2) is 0 Å². The summed E-state index contributed by atoms with van der Waals surface area (Å²) in [4.78, 5) is 10.8. The highest BCUT2D eigenvalue weighted by molar-refractivity contribution is 5.72. The summed E-state index contributed by atoms with van der Waals surface area (Å²) in [5.74, 6) is -0.365. The van der Waals surface area contributed by atoms with Gasteiger partial charge in [0.05, 0.1) is 12.5 Å². The van der Waals surface area contributed by atoms with E-state index in [9.17, 15) is 4.79 Å². The Hall–Kier alpha value is -0.530. The van der Waals surface area contributed by atoms with Gasteiger partial charge in [-0.2, -0.15) is 0 Å². The first-order valence-electron chi connectivity index (χ1n) is 3.72. The van der Waals surface area contributed by atoms with Crippen LogP contribution in [0.3, 0.4) is 0 Å². The molecule has 2 nitrogen and oxygen atoms in total. The number of carbonyl (C=O) groups excluding carboxylic acids is 1. The van der Waals surface area contributed by atoms with Crippen LogP contribution in [0.2, 0.25) is 0 Å². The molecule has 0 aliphatic carbocycles. The third-order valence-corrected chi connectivity index (χ3v) is 1.27. The minimum Gasteiger partial charge on any atom is -0.465 e. The quantitative estimate of drug-likeness (QED) is 0.561. The molecule has 10 heavy (non-hydrogen) atoms. The van der Waals surface area contributed by atoms with Crippen LogP contribution < -0.4 is 0 Å². The van der Waals surface area contributed by atoms with Crippen LogP contribution in [0, 0.1) is 12.8 Å². The van der Waals surface area contributed by atoms with Crippen molar-refractivity contribution in [3.63, 3.8) is 0 Å². The molecule has 0 aliphatic heterocycles. The second-order valence-corrected chi connectivity index (χ2v) is 2.27.